The molecule has 1 rings (SSSR count). The second kappa shape index (κ2) is 14.8. The van der Waals surface area contributed by atoms with Crippen LogP contribution in [0.1, 0.15) is 59.3 Å². The summed E-state index contributed by atoms with van der Waals surface area (Å²) in [6.45, 7) is 5.40. The lowest BCUT2D eigenvalue weighted by atomic mass is 10.3. The summed E-state index contributed by atoms with van der Waals surface area (Å²) >= 11 is 0. The Hall–Kier alpha value is -3.18. The highest BCUT2D eigenvalue weighted by Crippen LogP contribution is 1.98. The summed E-state index contributed by atoms with van der Waals surface area (Å²) in [5.41, 5.74) is -2.46. The molecule has 0 saturated heterocycles. The molecule has 12 nitrogen and oxygen atoms in total. The van der Waals surface area contributed by atoms with Crippen LogP contribution in [0.3, 0.4) is 0 Å². The van der Waals surface area contributed by atoms with Crippen LogP contribution in [0.4, 0.5) is 0 Å². The van der Waals surface area contributed by atoms with Crippen LogP contribution in [0.5, 0.6) is 0 Å². The maximum absolute atomic E-state index is 12.8. The van der Waals surface area contributed by atoms with Crippen molar-refractivity contribution in [2.45, 2.75) is 78.9 Å². The molecular formula is C21H33N3O9. The second-order valence-corrected chi connectivity index (χ2v) is 7.03. The summed E-state index contributed by atoms with van der Waals surface area (Å²) in [6.07, 6.45) is 0.507. The van der Waals surface area contributed by atoms with E-state index >= 15 is 0 Å². The lowest BCUT2D eigenvalue weighted by molar-refractivity contribution is -0.144. The zero-order valence-electron chi connectivity index (χ0n) is 19.5. The van der Waals surface area contributed by atoms with E-state index in [2.05, 4.69) is 0 Å². The Kier molecular flexibility index (Phi) is 12.5. The molecule has 12 heteroatoms. The number of aromatic nitrogens is 3. The molecule has 1 aromatic heterocycles. The molecule has 0 aromatic carbocycles. The minimum absolute atomic E-state index is 0.00453. The van der Waals surface area contributed by atoms with Crippen molar-refractivity contribution >= 4 is 17.9 Å². The molecule has 0 unspecified atom stereocenters. The van der Waals surface area contributed by atoms with E-state index in [1.165, 1.54) is 0 Å². The maximum Gasteiger partial charge on any atom is 0.336 e. The monoisotopic (exact) mass is 471 g/mol. The van der Waals surface area contributed by atoms with Crippen LogP contribution >= 0.6 is 0 Å². The van der Waals surface area contributed by atoms with E-state index in [4.69, 9.17) is 14.2 Å². The van der Waals surface area contributed by atoms with Gasteiger partial charge in [-0.15, -0.1) is 0 Å². The van der Waals surface area contributed by atoms with E-state index in [0.717, 1.165) is 13.7 Å². The van der Waals surface area contributed by atoms with E-state index < -0.39 is 35.0 Å². The van der Waals surface area contributed by atoms with Crippen molar-refractivity contribution in [2.75, 3.05) is 19.8 Å². The van der Waals surface area contributed by atoms with Crippen molar-refractivity contribution in [3.05, 3.63) is 31.5 Å². The summed E-state index contributed by atoms with van der Waals surface area (Å²) < 4.78 is 17.2. The standard InChI is InChI=1S/C21H33N3O9/c1-4-31-16(25)10-7-13-22-19(28)23(14-8-11-17(26)32-5-2)21(30)24(20(22)29)15-9-12-18(27)33-6-3/h4-15H2,1-3H3. The molecule has 0 spiro atoms. The minimum atomic E-state index is -0.820. The van der Waals surface area contributed by atoms with Crippen LogP contribution in [0.2, 0.25) is 0 Å². The van der Waals surface area contributed by atoms with Crippen LogP contribution in [0.15, 0.2) is 14.4 Å². The van der Waals surface area contributed by atoms with Gasteiger partial charge in [-0.05, 0) is 40.0 Å². The molecule has 0 fully saturated rings. The largest absolute Gasteiger partial charge is 0.466 e. The Labute approximate surface area is 191 Å². The molecule has 0 atom stereocenters. The first-order chi connectivity index (χ1) is 15.8. The first-order valence-electron chi connectivity index (χ1n) is 11.2. The summed E-state index contributed by atoms with van der Waals surface area (Å²) in [6, 6.07) is 0. The number of carbonyl (C=O) groups excluding carboxylic acids is 3. The number of hydrogen-bond acceptors (Lipinski definition) is 9. The van der Waals surface area contributed by atoms with Crippen molar-refractivity contribution in [2.24, 2.45) is 0 Å². The second-order valence-electron chi connectivity index (χ2n) is 7.03. The van der Waals surface area contributed by atoms with E-state index in [-0.39, 0.29) is 78.0 Å². The van der Waals surface area contributed by atoms with Gasteiger partial charge in [-0.2, -0.15) is 0 Å². The summed E-state index contributed by atoms with van der Waals surface area (Å²) in [7, 11) is 0. The molecule has 186 valence electrons. The lowest BCUT2D eigenvalue weighted by Crippen LogP contribution is -2.54. The summed E-state index contributed by atoms with van der Waals surface area (Å²) in [5, 5.41) is 0. The fourth-order valence-corrected chi connectivity index (χ4v) is 3.10. The average Bonchev–Trinajstić information content (AvgIpc) is 2.76. The van der Waals surface area contributed by atoms with Gasteiger partial charge < -0.3 is 14.2 Å². The number of carbonyl (C=O) groups is 3. The summed E-state index contributed by atoms with van der Waals surface area (Å²) in [4.78, 5) is 73.2. The Morgan fingerprint density at radius 2 is 0.788 bits per heavy atom. The highest BCUT2D eigenvalue weighted by Gasteiger charge is 2.17. The Morgan fingerprint density at radius 1 is 0.545 bits per heavy atom. The zero-order valence-corrected chi connectivity index (χ0v) is 19.5. The first-order valence-corrected chi connectivity index (χ1v) is 11.2. The number of rotatable bonds is 15. The number of esters is 3. The molecule has 1 heterocycles. The van der Waals surface area contributed by atoms with Gasteiger partial charge in [-0.3, -0.25) is 14.4 Å². The molecule has 1 aromatic rings. The molecule has 0 N–H and O–H groups in total. The SMILES string of the molecule is CCOC(=O)CCCn1c(=O)n(CCCC(=O)OCC)c(=O)n(CCCC(=O)OCC)c1=O. The highest BCUT2D eigenvalue weighted by molar-refractivity contribution is 5.69. The quantitative estimate of drug-likeness (QED) is 0.259. The molecule has 0 aliphatic carbocycles. The van der Waals surface area contributed by atoms with Crippen LogP contribution in [0.25, 0.3) is 0 Å². The molecule has 0 saturated carbocycles. The van der Waals surface area contributed by atoms with E-state index in [0.29, 0.717) is 0 Å². The van der Waals surface area contributed by atoms with Gasteiger partial charge in [-0.1, -0.05) is 0 Å². The molecule has 0 aliphatic rings. The van der Waals surface area contributed by atoms with Gasteiger partial charge in [0.2, 0.25) is 0 Å². The third-order valence-electron chi connectivity index (χ3n) is 4.59. The van der Waals surface area contributed by atoms with E-state index in [9.17, 15) is 28.8 Å². The topological polar surface area (TPSA) is 145 Å². The normalized spacial score (nSPS) is 10.6. The van der Waals surface area contributed by atoms with Gasteiger partial charge in [0.05, 0.1) is 19.8 Å². The molecule has 33 heavy (non-hydrogen) atoms. The van der Waals surface area contributed by atoms with Crippen molar-refractivity contribution in [3.8, 4) is 0 Å². The maximum atomic E-state index is 12.8. The van der Waals surface area contributed by atoms with Gasteiger partial charge in [0.1, 0.15) is 0 Å². The van der Waals surface area contributed by atoms with Gasteiger partial charge in [0.15, 0.2) is 0 Å². The number of ether oxygens (including phenoxy) is 3. The summed E-state index contributed by atoms with van der Waals surface area (Å²) in [5.74, 6) is -1.37. The Balaban J connectivity index is 3.13. The van der Waals surface area contributed by atoms with E-state index in [1.807, 2.05) is 0 Å². The van der Waals surface area contributed by atoms with Crippen LogP contribution < -0.4 is 17.1 Å². The smallest absolute Gasteiger partial charge is 0.336 e. The number of hydrogen-bond donors (Lipinski definition) is 0. The van der Waals surface area contributed by atoms with Crippen molar-refractivity contribution in [3.63, 3.8) is 0 Å². The molecule has 0 bridgehead atoms. The van der Waals surface area contributed by atoms with Crippen molar-refractivity contribution < 1.29 is 28.6 Å². The van der Waals surface area contributed by atoms with Crippen LogP contribution in [0, 0.1) is 0 Å². The Morgan fingerprint density at radius 3 is 1.00 bits per heavy atom. The Bertz CT molecular complexity index is 821. The third-order valence-corrected chi connectivity index (χ3v) is 4.59. The van der Waals surface area contributed by atoms with Crippen molar-refractivity contribution in [1.29, 1.82) is 0 Å². The molecular weight excluding hydrogens is 438 g/mol. The van der Waals surface area contributed by atoms with E-state index in [1.54, 1.807) is 20.8 Å². The first kappa shape index (κ1) is 27.9. The van der Waals surface area contributed by atoms with Crippen LogP contribution in [-0.2, 0) is 48.2 Å². The fourth-order valence-electron chi connectivity index (χ4n) is 3.10. The van der Waals surface area contributed by atoms with Crippen LogP contribution in [-0.4, -0.2) is 51.4 Å². The van der Waals surface area contributed by atoms with Gasteiger partial charge in [0.25, 0.3) is 0 Å². The third kappa shape index (κ3) is 9.07. The van der Waals surface area contributed by atoms with Crippen molar-refractivity contribution in [1.82, 2.24) is 13.7 Å². The van der Waals surface area contributed by atoms with Gasteiger partial charge in [0, 0.05) is 38.9 Å². The fraction of sp³-hybridized carbons (Fsp3) is 0.714. The van der Waals surface area contributed by atoms with Gasteiger partial charge in [-0.25, -0.2) is 28.1 Å². The predicted octanol–water partition coefficient (Wildman–Crippen LogP) is 0.202. The molecule has 0 aliphatic heterocycles. The predicted molar refractivity (Wildman–Crippen MR) is 117 cm³/mol. The lowest BCUT2D eigenvalue weighted by Gasteiger charge is -2.14. The highest BCUT2D eigenvalue weighted by atomic mass is 16.5. The van der Waals surface area contributed by atoms with Gasteiger partial charge >= 0.3 is 35.0 Å². The zero-order chi connectivity index (χ0) is 24.8. The molecule has 0 radical (unpaired) electrons. The molecule has 0 amide bonds. The number of nitrogens with zero attached hydrogens (tertiary/aromatic N) is 3. The minimum Gasteiger partial charge on any atom is -0.466 e. The average molecular weight is 472 g/mol.